The first-order chi connectivity index (χ1) is 24.7. The molecule has 5 aromatic carbocycles. The zero-order valence-electron chi connectivity index (χ0n) is 28.9. The van der Waals surface area contributed by atoms with Crippen molar-refractivity contribution in [1.82, 2.24) is 0 Å². The highest BCUT2D eigenvalue weighted by molar-refractivity contribution is 6.14. The maximum atomic E-state index is 6.46. The van der Waals surface area contributed by atoms with E-state index in [9.17, 15) is 0 Å². The second-order valence-electron chi connectivity index (χ2n) is 13.2. The van der Waals surface area contributed by atoms with E-state index < -0.39 is 0 Å². The Morgan fingerprint density at radius 2 is 1.54 bits per heavy atom. The van der Waals surface area contributed by atoms with Gasteiger partial charge in [-0.25, -0.2) is 0 Å². The summed E-state index contributed by atoms with van der Waals surface area (Å²) < 4.78 is 6.46. The Morgan fingerprint density at radius 3 is 2.32 bits per heavy atom. The Kier molecular flexibility index (Phi) is 8.61. The summed E-state index contributed by atoms with van der Waals surface area (Å²) in [6, 6.07) is 37.4. The van der Waals surface area contributed by atoms with Crippen LogP contribution < -0.4 is 0 Å². The third-order valence-corrected chi connectivity index (χ3v) is 10.2. The number of hydrogen-bond acceptors (Lipinski definition) is 2. The summed E-state index contributed by atoms with van der Waals surface area (Å²) in [7, 11) is 1.91. The number of aliphatic imine (C=N–C) groups is 1. The monoisotopic (exact) mass is 647 g/mol. The van der Waals surface area contributed by atoms with Crippen molar-refractivity contribution >= 4 is 38.8 Å². The molecule has 0 aliphatic heterocycles. The predicted octanol–water partition coefficient (Wildman–Crippen LogP) is 13.0. The van der Waals surface area contributed by atoms with Crippen LogP contribution >= 0.6 is 0 Å². The van der Waals surface area contributed by atoms with Crippen molar-refractivity contribution in [2.24, 2.45) is 4.99 Å². The second-order valence-corrected chi connectivity index (χ2v) is 13.2. The Hall–Kier alpha value is -5.73. The van der Waals surface area contributed by atoms with Crippen LogP contribution in [0.15, 0.2) is 161 Å². The fourth-order valence-electron chi connectivity index (χ4n) is 7.66. The van der Waals surface area contributed by atoms with Crippen LogP contribution in [0.1, 0.15) is 60.4 Å². The molecule has 2 aliphatic carbocycles. The molecule has 1 aromatic heterocycles. The average Bonchev–Trinajstić information content (AvgIpc) is 3.75. The Balaban J connectivity index is 1.15. The molecule has 1 heterocycles. The van der Waals surface area contributed by atoms with Gasteiger partial charge in [0.05, 0.1) is 5.71 Å². The van der Waals surface area contributed by atoms with Crippen molar-refractivity contribution in [3.63, 3.8) is 0 Å². The first-order valence-electron chi connectivity index (χ1n) is 17.8. The minimum Gasteiger partial charge on any atom is -0.455 e. The molecule has 0 fully saturated rings. The number of fused-ring (bicyclic) bond motifs is 6. The molecule has 6 aromatic rings. The largest absolute Gasteiger partial charge is 0.455 e. The number of allylic oxidation sites excluding steroid dienone is 9. The van der Waals surface area contributed by atoms with E-state index in [0.29, 0.717) is 0 Å². The van der Waals surface area contributed by atoms with E-state index >= 15 is 0 Å². The summed E-state index contributed by atoms with van der Waals surface area (Å²) in [6.07, 6.45) is 18.3. The van der Waals surface area contributed by atoms with Crippen molar-refractivity contribution in [3.8, 4) is 22.3 Å². The lowest BCUT2D eigenvalue weighted by Gasteiger charge is -2.16. The standard InChI is InChI=1S/C48H41NO/c1-4-6-14-32(5-2)33-23-25-35(26-24-33)44(34-15-8-7-9-16-34)31-46(49-3)36-27-28-38-37(29-36)30-45-39(38)18-12-19-40(45)42-20-13-21-43-41-17-10-11-22-47(41)50-48(42)43/h5,7-8,10-15,17-29,31H,2,4,6,9,16,30H2,1,3H3/b32-14+,44-31-,49-46?. The highest BCUT2D eigenvalue weighted by Crippen LogP contribution is 2.45. The molecule has 2 nitrogen and oxygen atoms in total. The van der Waals surface area contributed by atoms with E-state index in [1.165, 1.54) is 55.7 Å². The number of furan rings is 1. The Labute approximate surface area is 295 Å². The van der Waals surface area contributed by atoms with Gasteiger partial charge in [-0.3, -0.25) is 4.99 Å². The molecule has 0 unspecified atom stereocenters. The third-order valence-electron chi connectivity index (χ3n) is 10.2. The van der Waals surface area contributed by atoms with Gasteiger partial charge in [0.15, 0.2) is 0 Å². The SMILES string of the molecule is C=C/C(=C\CCC)c1ccc(/C(=C\C(=NC)c2ccc3c(c2)Cc2c-3cccc2-c2cccc3c2oc2ccccc23)C2=CC=CCC2)cc1. The first-order valence-corrected chi connectivity index (χ1v) is 17.8. The predicted molar refractivity (Wildman–Crippen MR) is 214 cm³/mol. The topological polar surface area (TPSA) is 25.5 Å². The number of para-hydroxylation sites is 2. The van der Waals surface area contributed by atoms with Gasteiger partial charge in [-0.15, -0.1) is 0 Å². The zero-order valence-corrected chi connectivity index (χ0v) is 28.9. The summed E-state index contributed by atoms with van der Waals surface area (Å²) >= 11 is 0. The van der Waals surface area contributed by atoms with Crippen molar-refractivity contribution in [2.75, 3.05) is 7.05 Å². The molecule has 0 saturated carbocycles. The summed E-state index contributed by atoms with van der Waals surface area (Å²) in [6.45, 7) is 6.27. The zero-order chi connectivity index (χ0) is 34.0. The molecule has 0 saturated heterocycles. The molecule has 50 heavy (non-hydrogen) atoms. The third kappa shape index (κ3) is 5.71. The van der Waals surface area contributed by atoms with Crippen LogP contribution in [0.3, 0.4) is 0 Å². The molecule has 0 N–H and O–H groups in total. The molecule has 2 aliphatic rings. The van der Waals surface area contributed by atoms with Crippen LogP contribution in [0.25, 0.3) is 55.3 Å². The van der Waals surface area contributed by atoms with Gasteiger partial charge in [0.25, 0.3) is 0 Å². The fraction of sp³-hybridized carbons (Fsp3) is 0.146. The first kappa shape index (κ1) is 31.5. The minimum absolute atomic E-state index is 0.869. The second kappa shape index (κ2) is 13.6. The number of unbranched alkanes of at least 4 members (excludes halogenated alkanes) is 1. The van der Waals surface area contributed by atoms with Gasteiger partial charge < -0.3 is 4.42 Å². The summed E-state index contributed by atoms with van der Waals surface area (Å²) in [4.78, 5) is 4.87. The van der Waals surface area contributed by atoms with Crippen LogP contribution in [-0.2, 0) is 6.42 Å². The normalized spacial score (nSPS) is 14.6. The summed E-state index contributed by atoms with van der Waals surface area (Å²) in [5.41, 5.74) is 17.8. The molecule has 0 radical (unpaired) electrons. The van der Waals surface area contributed by atoms with Gasteiger partial charge in [-0.1, -0.05) is 141 Å². The van der Waals surface area contributed by atoms with Gasteiger partial charge in [-0.05, 0) is 105 Å². The maximum absolute atomic E-state index is 6.46. The molecule has 0 spiro atoms. The van der Waals surface area contributed by atoms with Crippen LogP contribution in [-0.4, -0.2) is 12.8 Å². The van der Waals surface area contributed by atoms with Crippen molar-refractivity contribution in [2.45, 2.75) is 39.0 Å². The lowest BCUT2D eigenvalue weighted by atomic mass is 9.89. The molecule has 0 amide bonds. The lowest BCUT2D eigenvalue weighted by molar-refractivity contribution is 0.670. The number of nitrogens with zero attached hydrogens (tertiary/aromatic N) is 1. The van der Waals surface area contributed by atoms with E-state index in [0.717, 1.165) is 70.9 Å². The highest BCUT2D eigenvalue weighted by atomic mass is 16.3. The number of benzene rings is 5. The Morgan fingerprint density at radius 1 is 0.800 bits per heavy atom. The van der Waals surface area contributed by atoms with Crippen molar-refractivity contribution in [1.29, 1.82) is 0 Å². The fourth-order valence-corrected chi connectivity index (χ4v) is 7.66. The van der Waals surface area contributed by atoms with Crippen molar-refractivity contribution in [3.05, 3.63) is 180 Å². The van der Waals surface area contributed by atoms with Crippen LogP contribution in [0.5, 0.6) is 0 Å². The van der Waals surface area contributed by atoms with E-state index in [4.69, 9.17) is 9.41 Å². The van der Waals surface area contributed by atoms with Crippen LogP contribution in [0, 0.1) is 0 Å². The van der Waals surface area contributed by atoms with Gasteiger partial charge in [0.2, 0.25) is 0 Å². The lowest BCUT2D eigenvalue weighted by Crippen LogP contribution is -2.02. The molecular weight excluding hydrogens is 607 g/mol. The smallest absolute Gasteiger partial charge is 0.143 e. The maximum Gasteiger partial charge on any atom is 0.143 e. The molecule has 244 valence electrons. The van der Waals surface area contributed by atoms with Gasteiger partial charge in [0.1, 0.15) is 11.2 Å². The van der Waals surface area contributed by atoms with E-state index in [1.54, 1.807) is 0 Å². The average molecular weight is 648 g/mol. The molecular formula is C48H41NO. The molecule has 2 heteroatoms. The number of hydrogen-bond donors (Lipinski definition) is 0. The van der Waals surface area contributed by atoms with Crippen LogP contribution in [0.2, 0.25) is 0 Å². The minimum atomic E-state index is 0.869. The van der Waals surface area contributed by atoms with Crippen LogP contribution in [0.4, 0.5) is 0 Å². The van der Waals surface area contributed by atoms with Gasteiger partial charge in [-0.2, -0.15) is 0 Å². The van der Waals surface area contributed by atoms with E-state index in [-0.39, 0.29) is 0 Å². The molecule has 0 bridgehead atoms. The number of rotatable bonds is 9. The highest BCUT2D eigenvalue weighted by Gasteiger charge is 2.24. The Bertz CT molecular complexity index is 2420. The summed E-state index contributed by atoms with van der Waals surface area (Å²) in [5, 5.41) is 2.32. The quantitative estimate of drug-likeness (QED) is 0.113. The van der Waals surface area contributed by atoms with Gasteiger partial charge in [0, 0.05) is 23.4 Å². The molecule has 0 atom stereocenters. The van der Waals surface area contributed by atoms with Crippen molar-refractivity contribution < 1.29 is 4.42 Å². The van der Waals surface area contributed by atoms with E-state index in [2.05, 4.69) is 141 Å². The molecule has 8 rings (SSSR count). The van der Waals surface area contributed by atoms with E-state index in [1.807, 2.05) is 19.2 Å². The summed E-state index contributed by atoms with van der Waals surface area (Å²) in [5.74, 6) is 0. The van der Waals surface area contributed by atoms with Gasteiger partial charge >= 0.3 is 0 Å².